The van der Waals surface area contributed by atoms with Crippen LogP contribution in [-0.2, 0) is 31.4 Å². The van der Waals surface area contributed by atoms with Gasteiger partial charge in [0.05, 0.1) is 15.5 Å². The topological polar surface area (TPSA) is 113 Å². The van der Waals surface area contributed by atoms with E-state index in [4.69, 9.17) is 26.2 Å². The van der Waals surface area contributed by atoms with Gasteiger partial charge in [0.25, 0.3) is 0 Å². The fourth-order valence-electron chi connectivity index (χ4n) is 7.37. The lowest BCUT2D eigenvalue weighted by Crippen LogP contribution is -2.49. The second kappa shape index (κ2) is 9.50. The molecule has 9 heteroatoms. The van der Waals surface area contributed by atoms with Crippen molar-refractivity contribution in [2.45, 2.75) is 68.8 Å². The van der Waals surface area contributed by atoms with Gasteiger partial charge in [-0.05, 0) is 97.2 Å². The number of sulfonamides is 1. The fraction of sp³-hybridized carbons (Fsp3) is 0.448. The molecule has 0 spiro atoms. The fourth-order valence-corrected chi connectivity index (χ4v) is 8.10. The van der Waals surface area contributed by atoms with Crippen molar-refractivity contribution in [3.63, 3.8) is 0 Å². The van der Waals surface area contributed by atoms with Crippen LogP contribution in [0.3, 0.4) is 0 Å². The summed E-state index contributed by atoms with van der Waals surface area (Å²) >= 11 is 6.22. The molecule has 3 aliphatic carbocycles. The van der Waals surface area contributed by atoms with Gasteiger partial charge in [-0.15, -0.1) is 6.58 Å². The number of primary sulfonamides is 1. The molecule has 38 heavy (non-hydrogen) atoms. The van der Waals surface area contributed by atoms with Crippen molar-refractivity contribution in [2.75, 3.05) is 0 Å². The predicted molar refractivity (Wildman–Crippen MR) is 144 cm³/mol. The van der Waals surface area contributed by atoms with E-state index in [0.717, 1.165) is 38.5 Å². The number of carbonyl (C=O) groups is 2. The van der Waals surface area contributed by atoms with E-state index < -0.39 is 16.0 Å². The molecule has 0 amide bonds. The number of fused-ring (bicyclic) bond motifs is 5. The highest BCUT2D eigenvalue weighted by atomic mass is 35.5. The van der Waals surface area contributed by atoms with Crippen LogP contribution >= 0.6 is 11.6 Å². The van der Waals surface area contributed by atoms with Gasteiger partial charge in [-0.2, -0.15) is 0 Å². The van der Waals surface area contributed by atoms with Gasteiger partial charge < -0.3 is 9.47 Å². The summed E-state index contributed by atoms with van der Waals surface area (Å²) in [4.78, 5) is 24.4. The maximum absolute atomic E-state index is 13.1. The largest absolute Gasteiger partial charge is 0.459 e. The standard InChI is InChI=1S/C29H32ClNO6S/c1-4-29-12-11-28(3)16-20(37-27(33)22-15-21(38(31,34)35)7-10-26(22)30)14-25(28)24(29)8-5-18-13-19(36-17(2)32)6-9-23(18)29/h4,6-7,9-10,13,15,20,24-25H,1,5,8,11-12,14,16H2,2-3H3,(H2,31,34,35)/t20-,24?,25?,28-,29-/m1/s1. The summed E-state index contributed by atoms with van der Waals surface area (Å²) in [5, 5.41) is 5.35. The number of aryl methyl sites for hydroxylation is 1. The first kappa shape index (κ1) is 26.9. The summed E-state index contributed by atoms with van der Waals surface area (Å²) in [6.07, 6.45) is 6.98. The number of allylic oxidation sites excluding steroid dienone is 1. The molecule has 202 valence electrons. The Morgan fingerprint density at radius 2 is 1.92 bits per heavy atom. The van der Waals surface area contributed by atoms with Crippen LogP contribution in [0, 0.1) is 17.3 Å². The van der Waals surface area contributed by atoms with E-state index in [2.05, 4.69) is 25.6 Å². The van der Waals surface area contributed by atoms with Crippen molar-refractivity contribution in [3.05, 3.63) is 70.8 Å². The van der Waals surface area contributed by atoms with Crippen molar-refractivity contribution in [1.82, 2.24) is 0 Å². The van der Waals surface area contributed by atoms with Gasteiger partial charge in [-0.25, -0.2) is 18.4 Å². The minimum atomic E-state index is -3.99. The first-order valence-electron chi connectivity index (χ1n) is 12.8. The normalized spacial score (nSPS) is 29.9. The number of benzene rings is 2. The molecule has 0 heterocycles. The highest BCUT2D eigenvalue weighted by molar-refractivity contribution is 7.89. The zero-order valence-corrected chi connectivity index (χ0v) is 23.1. The number of halogens is 1. The minimum Gasteiger partial charge on any atom is -0.459 e. The van der Waals surface area contributed by atoms with E-state index in [1.165, 1.54) is 36.2 Å². The highest BCUT2D eigenvalue weighted by Crippen LogP contribution is 2.64. The number of hydrogen-bond acceptors (Lipinski definition) is 6. The van der Waals surface area contributed by atoms with Crippen LogP contribution < -0.4 is 9.88 Å². The van der Waals surface area contributed by atoms with Gasteiger partial charge in [0.2, 0.25) is 10.0 Å². The van der Waals surface area contributed by atoms with Crippen LogP contribution in [0.5, 0.6) is 5.75 Å². The average molecular weight is 558 g/mol. The monoisotopic (exact) mass is 557 g/mol. The maximum atomic E-state index is 13.1. The van der Waals surface area contributed by atoms with Gasteiger partial charge in [0, 0.05) is 12.3 Å². The number of ether oxygens (including phenoxy) is 2. The summed E-state index contributed by atoms with van der Waals surface area (Å²) in [6, 6.07) is 9.71. The van der Waals surface area contributed by atoms with Crippen LogP contribution in [0.25, 0.3) is 0 Å². The van der Waals surface area contributed by atoms with Crippen molar-refractivity contribution in [2.24, 2.45) is 22.4 Å². The van der Waals surface area contributed by atoms with Crippen molar-refractivity contribution in [1.29, 1.82) is 0 Å². The molecular weight excluding hydrogens is 526 g/mol. The molecule has 0 aliphatic heterocycles. The molecule has 2 N–H and O–H groups in total. The van der Waals surface area contributed by atoms with Crippen molar-refractivity contribution in [3.8, 4) is 5.75 Å². The number of rotatable bonds is 5. The Labute approximate surface area is 228 Å². The summed E-state index contributed by atoms with van der Waals surface area (Å²) < 4.78 is 34.8. The third kappa shape index (κ3) is 4.56. The lowest BCUT2D eigenvalue weighted by molar-refractivity contribution is -0.131. The number of hydrogen-bond donors (Lipinski definition) is 1. The van der Waals surface area contributed by atoms with Gasteiger partial charge in [0.15, 0.2) is 0 Å². The van der Waals surface area contributed by atoms with Crippen LogP contribution in [0.4, 0.5) is 0 Å². The Morgan fingerprint density at radius 3 is 2.61 bits per heavy atom. The molecule has 2 aromatic carbocycles. The Morgan fingerprint density at radius 1 is 1.16 bits per heavy atom. The Hall–Kier alpha value is -2.68. The summed E-state index contributed by atoms with van der Waals surface area (Å²) in [5.41, 5.74) is 2.23. The minimum absolute atomic E-state index is 0.00352. The van der Waals surface area contributed by atoms with E-state index >= 15 is 0 Å². The molecule has 0 bridgehead atoms. The molecule has 0 saturated heterocycles. The summed E-state index contributed by atoms with van der Waals surface area (Å²) in [7, 11) is -3.99. The maximum Gasteiger partial charge on any atom is 0.339 e. The molecule has 5 rings (SSSR count). The number of carbonyl (C=O) groups excluding carboxylic acids is 2. The van der Waals surface area contributed by atoms with E-state index in [0.29, 0.717) is 17.6 Å². The molecule has 2 saturated carbocycles. The number of esters is 2. The molecule has 2 fully saturated rings. The Bertz CT molecular complexity index is 1440. The smallest absolute Gasteiger partial charge is 0.339 e. The molecule has 7 nitrogen and oxygen atoms in total. The van der Waals surface area contributed by atoms with E-state index in [-0.39, 0.29) is 38.4 Å². The van der Waals surface area contributed by atoms with Crippen molar-refractivity contribution < 1.29 is 27.5 Å². The number of nitrogens with two attached hydrogens (primary N) is 1. The highest BCUT2D eigenvalue weighted by Gasteiger charge is 2.58. The predicted octanol–water partition coefficient (Wildman–Crippen LogP) is 5.33. The second-order valence-corrected chi connectivity index (χ2v) is 13.2. The van der Waals surface area contributed by atoms with Crippen LogP contribution in [0.2, 0.25) is 5.02 Å². The first-order valence-corrected chi connectivity index (χ1v) is 14.8. The molecule has 0 aromatic heterocycles. The summed E-state index contributed by atoms with van der Waals surface area (Å²) in [5.74, 6) is 0.236. The Kier molecular flexibility index (Phi) is 6.73. The van der Waals surface area contributed by atoms with Crippen LogP contribution in [-0.4, -0.2) is 26.5 Å². The molecule has 2 unspecified atom stereocenters. The average Bonchev–Trinajstić information content (AvgIpc) is 3.18. The van der Waals surface area contributed by atoms with Gasteiger partial charge >= 0.3 is 11.9 Å². The van der Waals surface area contributed by atoms with Crippen molar-refractivity contribution >= 4 is 33.6 Å². The zero-order chi connectivity index (χ0) is 27.5. The second-order valence-electron chi connectivity index (χ2n) is 11.2. The third-order valence-corrected chi connectivity index (χ3v) is 10.3. The van der Waals surface area contributed by atoms with Gasteiger partial charge in [-0.1, -0.05) is 30.7 Å². The molecule has 2 aromatic rings. The van der Waals surface area contributed by atoms with Crippen LogP contribution in [0.1, 0.15) is 67.4 Å². The Balaban J connectivity index is 1.39. The molecule has 0 radical (unpaired) electrons. The first-order chi connectivity index (χ1) is 17.9. The molecule has 3 aliphatic rings. The molecular formula is C29H32ClNO6S. The lowest BCUT2D eigenvalue weighted by atomic mass is 9.49. The van der Waals surface area contributed by atoms with E-state index in [1.54, 1.807) is 0 Å². The van der Waals surface area contributed by atoms with Gasteiger partial charge in [0.1, 0.15) is 11.9 Å². The van der Waals surface area contributed by atoms with Crippen LogP contribution in [0.15, 0.2) is 53.9 Å². The SMILES string of the molecule is C=C[C@]12CC[C@]3(C)C[C@H](OC(=O)c4cc(S(N)(=O)=O)ccc4Cl)CC3C1CCc1cc(OC(C)=O)ccc12. The van der Waals surface area contributed by atoms with Gasteiger partial charge in [-0.3, -0.25) is 4.79 Å². The third-order valence-electron chi connectivity index (χ3n) is 9.05. The lowest BCUT2D eigenvalue weighted by Gasteiger charge is -2.55. The molecule has 5 atom stereocenters. The zero-order valence-electron chi connectivity index (χ0n) is 21.5. The quantitative estimate of drug-likeness (QED) is 0.302. The summed E-state index contributed by atoms with van der Waals surface area (Å²) in [6.45, 7) is 7.95. The van der Waals surface area contributed by atoms with E-state index in [1.807, 2.05) is 12.1 Å². The van der Waals surface area contributed by atoms with E-state index in [9.17, 15) is 18.0 Å².